The zero-order valence-corrected chi connectivity index (χ0v) is 17.1. The van der Waals surface area contributed by atoms with Gasteiger partial charge in [0.1, 0.15) is 16.6 Å². The number of hydrogen-bond acceptors (Lipinski definition) is 6. The molecule has 4 aromatic rings. The Hall–Kier alpha value is -3.00. The van der Waals surface area contributed by atoms with Crippen molar-refractivity contribution in [2.45, 2.75) is 32.7 Å². The topological polar surface area (TPSA) is 72.3 Å². The number of anilines is 2. The number of fused-ring (bicyclic) bond motifs is 1. The van der Waals surface area contributed by atoms with Gasteiger partial charge in [-0.1, -0.05) is 6.07 Å². The Balaban J connectivity index is 1.60. The Bertz CT molecular complexity index is 1210. The van der Waals surface area contributed by atoms with E-state index >= 15 is 0 Å². The second-order valence-electron chi connectivity index (χ2n) is 7.46. The summed E-state index contributed by atoms with van der Waals surface area (Å²) < 4.78 is 15.6. The monoisotopic (exact) mass is 408 g/mol. The van der Waals surface area contributed by atoms with E-state index < -0.39 is 0 Å². The van der Waals surface area contributed by atoms with Gasteiger partial charge in [0.05, 0.1) is 11.6 Å². The highest BCUT2D eigenvalue weighted by Crippen LogP contribution is 2.38. The molecule has 1 aliphatic rings. The van der Waals surface area contributed by atoms with Crippen LogP contribution in [0.15, 0.2) is 35.8 Å². The van der Waals surface area contributed by atoms with Crippen molar-refractivity contribution >= 4 is 28.6 Å². The number of aryl methyl sites for hydroxylation is 2. The number of nitrogens with two attached hydrogens (primary N) is 1. The smallest absolute Gasteiger partial charge is 0.169 e. The van der Waals surface area contributed by atoms with Crippen molar-refractivity contribution in [3.05, 3.63) is 58.5 Å². The molecular formula is C21H21FN6S. The minimum Gasteiger partial charge on any atom is -0.382 e. The quantitative estimate of drug-likeness (QED) is 0.539. The summed E-state index contributed by atoms with van der Waals surface area (Å²) >= 11 is 1.54. The van der Waals surface area contributed by atoms with Crippen LogP contribution in [0, 0.1) is 19.7 Å². The lowest BCUT2D eigenvalue weighted by molar-refractivity contribution is 0.616. The third-order valence-corrected chi connectivity index (χ3v) is 6.46. The Morgan fingerprint density at radius 3 is 2.86 bits per heavy atom. The lowest BCUT2D eigenvalue weighted by Crippen LogP contribution is -2.24. The molecule has 2 N–H and O–H groups in total. The van der Waals surface area contributed by atoms with Gasteiger partial charge in [0.15, 0.2) is 11.5 Å². The highest BCUT2D eigenvalue weighted by molar-refractivity contribution is 7.13. The molecule has 1 fully saturated rings. The van der Waals surface area contributed by atoms with E-state index in [1.54, 1.807) is 10.6 Å². The fraction of sp³-hybridized carbons (Fsp3) is 0.286. The lowest BCUT2D eigenvalue weighted by atomic mass is 9.99. The molecule has 1 saturated heterocycles. The standard InChI is InChI=1S/C21H21FN6S/c1-12-5-6-14(22)10-15(12)16-4-3-8-27(16)17-7-9-28-20(25-17)18(19(23)26-28)21-24-13(2)11-29-21/h5-7,9-11,16H,3-4,8H2,1-2H3,(H2,23,26). The lowest BCUT2D eigenvalue weighted by Gasteiger charge is -2.27. The van der Waals surface area contributed by atoms with Crippen molar-refractivity contribution in [2.24, 2.45) is 0 Å². The SMILES string of the molecule is Cc1csc(-c2c(N)nn3ccc(N4CCCC4c4cc(F)ccc4C)nc23)n1. The molecular weight excluding hydrogens is 387 g/mol. The van der Waals surface area contributed by atoms with Crippen LogP contribution >= 0.6 is 11.3 Å². The van der Waals surface area contributed by atoms with E-state index in [4.69, 9.17) is 10.7 Å². The fourth-order valence-corrected chi connectivity index (χ4v) is 4.95. The minimum atomic E-state index is -0.203. The number of aromatic nitrogens is 4. The Kier molecular flexibility index (Phi) is 4.24. The minimum absolute atomic E-state index is 0.103. The molecule has 0 radical (unpaired) electrons. The summed E-state index contributed by atoms with van der Waals surface area (Å²) in [5.41, 5.74) is 10.7. The van der Waals surface area contributed by atoms with Crippen LogP contribution in [0.2, 0.25) is 0 Å². The van der Waals surface area contributed by atoms with Crippen LogP contribution in [0.4, 0.5) is 16.0 Å². The van der Waals surface area contributed by atoms with Gasteiger partial charge in [0, 0.05) is 23.8 Å². The molecule has 6 nitrogen and oxygen atoms in total. The van der Waals surface area contributed by atoms with Crippen molar-refractivity contribution < 1.29 is 4.39 Å². The van der Waals surface area contributed by atoms with Crippen LogP contribution in [0.1, 0.15) is 35.7 Å². The van der Waals surface area contributed by atoms with Crippen molar-refractivity contribution in [3.63, 3.8) is 0 Å². The van der Waals surface area contributed by atoms with Crippen LogP contribution in [0.5, 0.6) is 0 Å². The predicted octanol–water partition coefficient (Wildman–Crippen LogP) is 4.53. The van der Waals surface area contributed by atoms with E-state index in [1.807, 2.05) is 37.6 Å². The molecule has 0 spiro atoms. The normalized spacial score (nSPS) is 16.8. The van der Waals surface area contributed by atoms with Crippen LogP contribution in [0.25, 0.3) is 16.2 Å². The summed E-state index contributed by atoms with van der Waals surface area (Å²) in [6.07, 6.45) is 3.89. The van der Waals surface area contributed by atoms with Gasteiger partial charge in [0.2, 0.25) is 0 Å². The average Bonchev–Trinajstić information content (AvgIpc) is 3.41. The van der Waals surface area contributed by atoms with Crippen LogP contribution in [-0.2, 0) is 0 Å². The van der Waals surface area contributed by atoms with E-state index in [2.05, 4.69) is 15.0 Å². The largest absolute Gasteiger partial charge is 0.382 e. The van der Waals surface area contributed by atoms with E-state index in [1.165, 1.54) is 17.4 Å². The zero-order valence-electron chi connectivity index (χ0n) is 16.3. The first-order valence-corrected chi connectivity index (χ1v) is 10.5. The first-order chi connectivity index (χ1) is 14.0. The van der Waals surface area contributed by atoms with Gasteiger partial charge in [0.25, 0.3) is 0 Å². The summed E-state index contributed by atoms with van der Waals surface area (Å²) in [5.74, 6) is 1.06. The maximum Gasteiger partial charge on any atom is 0.169 e. The van der Waals surface area contributed by atoms with Crippen molar-refractivity contribution in [2.75, 3.05) is 17.2 Å². The molecule has 0 aliphatic carbocycles. The van der Waals surface area contributed by atoms with E-state index in [0.717, 1.165) is 52.6 Å². The van der Waals surface area contributed by atoms with Crippen molar-refractivity contribution in [3.8, 4) is 10.6 Å². The molecule has 1 unspecified atom stereocenters. The molecule has 3 aromatic heterocycles. The highest BCUT2D eigenvalue weighted by atomic mass is 32.1. The van der Waals surface area contributed by atoms with E-state index in [9.17, 15) is 4.39 Å². The molecule has 0 amide bonds. The maximum atomic E-state index is 13.9. The van der Waals surface area contributed by atoms with Gasteiger partial charge in [-0.15, -0.1) is 16.4 Å². The summed E-state index contributed by atoms with van der Waals surface area (Å²) in [7, 11) is 0. The number of halogens is 1. The number of benzene rings is 1. The molecule has 1 aliphatic heterocycles. The van der Waals surface area contributed by atoms with E-state index in [-0.39, 0.29) is 11.9 Å². The predicted molar refractivity (Wildman–Crippen MR) is 114 cm³/mol. The van der Waals surface area contributed by atoms with Crippen LogP contribution in [0.3, 0.4) is 0 Å². The average molecular weight is 409 g/mol. The third kappa shape index (κ3) is 3.04. The molecule has 0 bridgehead atoms. The van der Waals surface area contributed by atoms with Gasteiger partial charge < -0.3 is 10.6 Å². The number of nitrogens with zero attached hydrogens (tertiary/aromatic N) is 5. The van der Waals surface area contributed by atoms with Crippen molar-refractivity contribution in [1.82, 2.24) is 19.6 Å². The number of hydrogen-bond donors (Lipinski definition) is 1. The summed E-state index contributed by atoms with van der Waals surface area (Å²) in [6, 6.07) is 7.06. The second-order valence-corrected chi connectivity index (χ2v) is 8.32. The number of nitrogen functional groups attached to an aromatic ring is 1. The highest BCUT2D eigenvalue weighted by Gasteiger charge is 2.29. The molecule has 5 rings (SSSR count). The summed E-state index contributed by atoms with van der Waals surface area (Å²) in [5, 5.41) is 7.21. The molecule has 148 valence electrons. The van der Waals surface area contributed by atoms with Gasteiger partial charge in [-0.05, 0) is 56.0 Å². The molecule has 0 saturated carbocycles. The first-order valence-electron chi connectivity index (χ1n) is 9.61. The zero-order chi connectivity index (χ0) is 20.1. The van der Waals surface area contributed by atoms with Gasteiger partial charge in [-0.3, -0.25) is 0 Å². The summed E-state index contributed by atoms with van der Waals surface area (Å²) in [4.78, 5) is 11.7. The Labute approximate surface area is 171 Å². The van der Waals surface area contributed by atoms with Gasteiger partial charge in [-0.2, -0.15) is 0 Å². The number of thiazole rings is 1. The van der Waals surface area contributed by atoms with Crippen molar-refractivity contribution in [1.29, 1.82) is 0 Å². The third-order valence-electron chi connectivity index (χ3n) is 5.48. The molecule has 29 heavy (non-hydrogen) atoms. The first kappa shape index (κ1) is 18.1. The molecule has 4 heterocycles. The van der Waals surface area contributed by atoms with E-state index in [0.29, 0.717) is 11.5 Å². The van der Waals surface area contributed by atoms with Gasteiger partial charge >= 0.3 is 0 Å². The fourth-order valence-electron chi connectivity index (χ4n) is 4.11. The van der Waals surface area contributed by atoms with Crippen LogP contribution < -0.4 is 10.6 Å². The molecule has 1 aromatic carbocycles. The number of rotatable bonds is 3. The van der Waals surface area contributed by atoms with Crippen LogP contribution in [-0.4, -0.2) is 26.1 Å². The molecule has 8 heteroatoms. The second kappa shape index (κ2) is 6.81. The molecule has 1 atom stereocenters. The maximum absolute atomic E-state index is 13.9. The Morgan fingerprint density at radius 2 is 2.07 bits per heavy atom. The Morgan fingerprint density at radius 1 is 1.21 bits per heavy atom. The summed E-state index contributed by atoms with van der Waals surface area (Å²) in [6.45, 7) is 4.86. The van der Waals surface area contributed by atoms with Gasteiger partial charge in [-0.25, -0.2) is 18.9 Å².